The number of benzene rings is 6. The molecule has 0 fully saturated rings. The Balaban J connectivity index is 1.70. The summed E-state index contributed by atoms with van der Waals surface area (Å²) in [6.45, 7) is 0. The van der Waals surface area contributed by atoms with E-state index in [1.807, 2.05) is 73.6 Å². The summed E-state index contributed by atoms with van der Waals surface area (Å²) in [5, 5.41) is 7.86. The Morgan fingerprint density at radius 3 is 1.84 bits per heavy atom. The molecule has 0 unspecified atom stereocenters. The molecule has 0 amide bonds. The van der Waals surface area contributed by atoms with E-state index < -0.39 is 9.84 Å². The van der Waals surface area contributed by atoms with E-state index in [0.717, 1.165) is 48.8 Å². The molecule has 3 nitrogen and oxygen atoms in total. The van der Waals surface area contributed by atoms with Crippen LogP contribution >= 0.6 is 0 Å². The fraction of sp³-hybridized carbons (Fsp3) is 0.0714. The largest absolute Gasteiger partial charge is 0.377 e. The molecule has 32 heavy (non-hydrogen) atoms. The SMILES string of the molecule is CN(C)c1cccc2c(S(=O)(=O)c3ccc4ccc5cccc6ccc3c4c56)cccc12. The van der Waals surface area contributed by atoms with Crippen LogP contribution in [-0.2, 0) is 9.84 Å². The third kappa shape index (κ3) is 2.56. The molecule has 0 atom stereocenters. The van der Waals surface area contributed by atoms with E-state index in [0.29, 0.717) is 9.79 Å². The van der Waals surface area contributed by atoms with Crippen molar-refractivity contribution in [2.75, 3.05) is 19.0 Å². The Morgan fingerprint density at radius 2 is 1.09 bits per heavy atom. The highest BCUT2D eigenvalue weighted by Gasteiger charge is 2.24. The number of anilines is 1. The van der Waals surface area contributed by atoms with Gasteiger partial charge in [-0.1, -0.05) is 72.8 Å². The highest BCUT2D eigenvalue weighted by atomic mass is 32.2. The van der Waals surface area contributed by atoms with Crippen molar-refractivity contribution >= 4 is 58.6 Å². The van der Waals surface area contributed by atoms with Gasteiger partial charge >= 0.3 is 0 Å². The number of sulfone groups is 1. The Bertz CT molecular complexity index is 1750. The van der Waals surface area contributed by atoms with Crippen LogP contribution in [0.25, 0.3) is 43.1 Å². The molecular formula is C28H21NO2S. The smallest absolute Gasteiger partial charge is 0.207 e. The van der Waals surface area contributed by atoms with Crippen molar-refractivity contribution in [1.29, 1.82) is 0 Å². The summed E-state index contributed by atoms with van der Waals surface area (Å²) in [4.78, 5) is 2.70. The monoisotopic (exact) mass is 435 g/mol. The van der Waals surface area contributed by atoms with Gasteiger partial charge in [0.15, 0.2) is 0 Å². The zero-order valence-corrected chi connectivity index (χ0v) is 18.6. The summed E-state index contributed by atoms with van der Waals surface area (Å²) in [6, 6.07) is 29.4. The van der Waals surface area contributed by atoms with Gasteiger partial charge in [0.2, 0.25) is 9.84 Å². The van der Waals surface area contributed by atoms with Crippen LogP contribution in [0.15, 0.2) is 101 Å². The van der Waals surface area contributed by atoms with E-state index >= 15 is 0 Å². The first-order valence-electron chi connectivity index (χ1n) is 10.6. The molecule has 0 saturated heterocycles. The van der Waals surface area contributed by atoms with Crippen LogP contribution in [-0.4, -0.2) is 22.5 Å². The van der Waals surface area contributed by atoms with Gasteiger partial charge in [-0.3, -0.25) is 0 Å². The van der Waals surface area contributed by atoms with Crippen molar-refractivity contribution in [1.82, 2.24) is 0 Å². The van der Waals surface area contributed by atoms with Crippen molar-refractivity contribution in [3.05, 3.63) is 91.0 Å². The first-order valence-corrected chi connectivity index (χ1v) is 12.1. The predicted molar refractivity (Wildman–Crippen MR) is 134 cm³/mol. The van der Waals surface area contributed by atoms with Crippen LogP contribution in [0.4, 0.5) is 5.69 Å². The third-order valence-corrected chi connectivity index (χ3v) is 8.28. The van der Waals surface area contributed by atoms with Crippen LogP contribution in [0.1, 0.15) is 0 Å². The summed E-state index contributed by atoms with van der Waals surface area (Å²) in [5.41, 5.74) is 0.995. The fourth-order valence-corrected chi connectivity index (χ4v) is 6.62. The highest BCUT2D eigenvalue weighted by Crippen LogP contribution is 2.40. The third-order valence-electron chi connectivity index (χ3n) is 6.41. The molecule has 0 aliphatic heterocycles. The molecule has 6 aromatic rings. The van der Waals surface area contributed by atoms with Gasteiger partial charge in [0.05, 0.1) is 9.79 Å². The lowest BCUT2D eigenvalue weighted by molar-refractivity contribution is 0.598. The first kappa shape index (κ1) is 19.1. The molecule has 4 heteroatoms. The molecule has 0 aliphatic rings. The molecule has 0 heterocycles. The molecule has 0 spiro atoms. The second kappa shape index (κ2) is 6.68. The zero-order valence-electron chi connectivity index (χ0n) is 17.8. The Morgan fingerprint density at radius 1 is 0.531 bits per heavy atom. The highest BCUT2D eigenvalue weighted by molar-refractivity contribution is 7.92. The van der Waals surface area contributed by atoms with Crippen LogP contribution in [0, 0.1) is 0 Å². The van der Waals surface area contributed by atoms with Gasteiger partial charge in [-0.25, -0.2) is 8.42 Å². The Labute approximate surface area is 186 Å². The van der Waals surface area contributed by atoms with Crippen molar-refractivity contribution in [2.24, 2.45) is 0 Å². The van der Waals surface area contributed by atoms with Crippen LogP contribution in [0.2, 0.25) is 0 Å². The Hall–Kier alpha value is -3.63. The van der Waals surface area contributed by atoms with Crippen LogP contribution in [0.5, 0.6) is 0 Å². The molecule has 0 aliphatic carbocycles. The van der Waals surface area contributed by atoms with E-state index in [1.54, 1.807) is 12.1 Å². The lowest BCUT2D eigenvalue weighted by Crippen LogP contribution is -2.10. The van der Waals surface area contributed by atoms with Gasteiger partial charge < -0.3 is 4.90 Å². The predicted octanol–water partition coefficient (Wildman–Crippen LogP) is 6.64. The molecule has 0 radical (unpaired) electrons. The number of hydrogen-bond donors (Lipinski definition) is 0. The first-order chi connectivity index (χ1) is 15.5. The average molecular weight is 436 g/mol. The minimum absolute atomic E-state index is 0.341. The standard InChI is InChI=1S/C28H21NO2S/c1-29(2)24-10-4-9-22-21(24)8-5-11-25(22)32(30,31)26-17-15-20-13-12-18-6-3-7-19-14-16-23(26)28(20)27(18)19/h3-17H,1-2H3. The number of rotatable bonds is 3. The number of nitrogens with zero attached hydrogens (tertiary/aromatic N) is 1. The molecule has 6 rings (SSSR count). The maximum absolute atomic E-state index is 14.1. The van der Waals surface area contributed by atoms with Gasteiger partial charge in [0, 0.05) is 35.9 Å². The fourth-order valence-electron chi connectivity index (χ4n) is 4.95. The molecule has 0 aromatic heterocycles. The normalized spacial score (nSPS) is 12.3. The van der Waals surface area contributed by atoms with Crippen molar-refractivity contribution in [3.8, 4) is 0 Å². The summed E-state index contributed by atoms with van der Waals surface area (Å²) < 4.78 is 28.1. The van der Waals surface area contributed by atoms with E-state index in [1.165, 1.54) is 0 Å². The molecule has 0 bridgehead atoms. The maximum atomic E-state index is 14.1. The zero-order chi connectivity index (χ0) is 22.0. The van der Waals surface area contributed by atoms with Gasteiger partial charge in [-0.05, 0) is 45.1 Å². The molecule has 0 N–H and O–H groups in total. The minimum atomic E-state index is -3.75. The topological polar surface area (TPSA) is 37.4 Å². The molecule has 0 saturated carbocycles. The number of hydrogen-bond acceptors (Lipinski definition) is 3. The summed E-state index contributed by atoms with van der Waals surface area (Å²) in [6.07, 6.45) is 0. The van der Waals surface area contributed by atoms with Crippen molar-refractivity contribution < 1.29 is 8.42 Å². The molecule has 156 valence electrons. The lowest BCUT2D eigenvalue weighted by Gasteiger charge is -2.18. The lowest BCUT2D eigenvalue weighted by atomic mass is 9.94. The van der Waals surface area contributed by atoms with Gasteiger partial charge in [0.1, 0.15) is 0 Å². The van der Waals surface area contributed by atoms with E-state index in [-0.39, 0.29) is 0 Å². The maximum Gasteiger partial charge on any atom is 0.207 e. The number of fused-ring (bicyclic) bond motifs is 1. The van der Waals surface area contributed by atoms with Gasteiger partial charge in [-0.15, -0.1) is 0 Å². The van der Waals surface area contributed by atoms with E-state index in [9.17, 15) is 8.42 Å². The van der Waals surface area contributed by atoms with E-state index in [4.69, 9.17) is 0 Å². The summed E-state index contributed by atoms with van der Waals surface area (Å²) >= 11 is 0. The molecular weight excluding hydrogens is 414 g/mol. The minimum Gasteiger partial charge on any atom is -0.377 e. The van der Waals surface area contributed by atoms with Crippen molar-refractivity contribution in [3.63, 3.8) is 0 Å². The molecule has 6 aromatic carbocycles. The van der Waals surface area contributed by atoms with Gasteiger partial charge in [-0.2, -0.15) is 0 Å². The Kier molecular flexibility index (Phi) is 3.99. The second-order valence-electron chi connectivity index (χ2n) is 8.45. The quantitative estimate of drug-likeness (QED) is 0.293. The van der Waals surface area contributed by atoms with Crippen LogP contribution in [0.3, 0.4) is 0 Å². The summed E-state index contributed by atoms with van der Waals surface area (Å²) in [5.74, 6) is 0. The van der Waals surface area contributed by atoms with E-state index in [2.05, 4.69) is 24.3 Å². The van der Waals surface area contributed by atoms with Gasteiger partial charge in [0.25, 0.3) is 0 Å². The van der Waals surface area contributed by atoms with Crippen molar-refractivity contribution in [2.45, 2.75) is 9.79 Å². The summed E-state index contributed by atoms with van der Waals surface area (Å²) in [7, 11) is 0.187. The second-order valence-corrected chi connectivity index (χ2v) is 10.3. The average Bonchev–Trinajstić information content (AvgIpc) is 2.81. The van der Waals surface area contributed by atoms with Crippen LogP contribution < -0.4 is 4.90 Å².